The third kappa shape index (κ3) is 10.6. The largest absolute Gasteiger partial charge is 0.480 e. The fourth-order valence-electron chi connectivity index (χ4n) is 7.99. The normalized spacial score (nSPS) is 21.2. The number of benzene rings is 2. The Morgan fingerprint density at radius 3 is 1.94 bits per heavy atom. The van der Waals surface area contributed by atoms with Crippen molar-refractivity contribution in [1.82, 2.24) is 25.8 Å². The third-order valence-corrected chi connectivity index (χ3v) is 10.7. The van der Waals surface area contributed by atoms with E-state index in [0.717, 1.165) is 49.7 Å². The van der Waals surface area contributed by atoms with E-state index in [4.69, 9.17) is 11.5 Å². The molecule has 5 rings (SSSR count). The second-order valence-electron chi connectivity index (χ2n) is 14.7. The molecule has 2 bridgehead atoms. The lowest BCUT2D eigenvalue weighted by atomic mass is 9.83. The van der Waals surface area contributed by atoms with Crippen LogP contribution in [0, 0.1) is 5.92 Å². The summed E-state index contributed by atoms with van der Waals surface area (Å²) in [6, 6.07) is 15.0. The molecule has 2 aromatic carbocycles. The first kappa shape index (κ1) is 38.9. The molecular formula is C39H55N7O6. The van der Waals surface area contributed by atoms with Crippen LogP contribution in [0.4, 0.5) is 0 Å². The molecule has 13 heteroatoms. The molecule has 6 unspecified atom stereocenters. The van der Waals surface area contributed by atoms with Gasteiger partial charge in [0, 0.05) is 31.6 Å². The minimum Gasteiger partial charge on any atom is -0.480 e. The Morgan fingerprint density at radius 2 is 1.35 bits per heavy atom. The van der Waals surface area contributed by atoms with E-state index in [1.807, 2.05) is 70.5 Å². The van der Waals surface area contributed by atoms with Crippen molar-refractivity contribution in [2.45, 2.75) is 107 Å². The molecule has 6 atom stereocenters. The molecule has 0 radical (unpaired) electrons. The Kier molecular flexibility index (Phi) is 14.2. The van der Waals surface area contributed by atoms with Gasteiger partial charge in [-0.15, -0.1) is 0 Å². The lowest BCUT2D eigenvalue weighted by molar-refractivity contribution is -0.159. The number of carboxylic acid groups (broad SMARTS) is 1. The smallest absolute Gasteiger partial charge is 0.317 e. The monoisotopic (exact) mass is 717 g/mol. The second-order valence-corrected chi connectivity index (χ2v) is 14.7. The number of carboxylic acids is 1. The number of amides is 4. The Bertz CT molecular complexity index is 1490. The van der Waals surface area contributed by atoms with Gasteiger partial charge in [-0.05, 0) is 68.5 Å². The maximum atomic E-state index is 14.3. The summed E-state index contributed by atoms with van der Waals surface area (Å²) in [4.78, 5) is 70.9. The van der Waals surface area contributed by atoms with Gasteiger partial charge in [0.05, 0.1) is 12.6 Å². The van der Waals surface area contributed by atoms with E-state index in [0.29, 0.717) is 45.3 Å². The number of hydrogen-bond acceptors (Lipinski definition) is 8. The summed E-state index contributed by atoms with van der Waals surface area (Å²) in [5.74, 6) is -2.60. The predicted octanol–water partition coefficient (Wildman–Crippen LogP) is 1.33. The summed E-state index contributed by atoms with van der Waals surface area (Å²) in [6.07, 6.45) is 7.41. The molecule has 1 aliphatic carbocycles. The molecule has 3 aliphatic rings. The Balaban J connectivity index is 1.31. The molecule has 8 N–H and O–H groups in total. The molecular weight excluding hydrogens is 662 g/mol. The standard InChI is InChI=1S/C39H55N7O6/c40-19-11-10-18-32(39(52)46-29-22-30(46)24-45(23-29)25-34(47)48)42-38(51)35(28-16-8-3-9-17-28)44-37(50)33(21-27-14-6-2-7-15-27)43-36(49)31(41)20-26-12-4-1-5-13-26/h1-2,4-7,12-15,28-33,35H,3,8-11,16-25,40-41H2,(H,42,51)(H,43,49)(H,44,50)(H,47,48). The van der Waals surface area contributed by atoms with Gasteiger partial charge in [0.25, 0.3) is 0 Å². The molecule has 2 saturated heterocycles. The fourth-order valence-corrected chi connectivity index (χ4v) is 7.99. The number of piperidine rings is 1. The summed E-state index contributed by atoms with van der Waals surface area (Å²) < 4.78 is 0. The predicted molar refractivity (Wildman–Crippen MR) is 197 cm³/mol. The molecule has 52 heavy (non-hydrogen) atoms. The van der Waals surface area contributed by atoms with Crippen molar-refractivity contribution in [2.75, 3.05) is 26.2 Å². The van der Waals surface area contributed by atoms with Crippen LogP contribution in [0.1, 0.15) is 68.9 Å². The Morgan fingerprint density at radius 1 is 0.750 bits per heavy atom. The van der Waals surface area contributed by atoms with Gasteiger partial charge in [0.2, 0.25) is 23.6 Å². The Hall–Kier alpha value is -4.33. The highest BCUT2D eigenvalue weighted by molar-refractivity contribution is 5.95. The SMILES string of the molecule is NCCCCC(NC(=O)C(NC(=O)C(Cc1ccccc1)NC(=O)C(N)Cc1ccccc1)C1CCCCC1)C(=O)N1C2CC1CN(CC(=O)O)C2. The van der Waals surface area contributed by atoms with Crippen LogP contribution in [-0.4, -0.2) is 107 Å². The van der Waals surface area contributed by atoms with Gasteiger partial charge in [-0.1, -0.05) is 79.9 Å². The maximum absolute atomic E-state index is 14.3. The average Bonchev–Trinajstić information content (AvgIpc) is 3.13. The first-order valence-electron chi connectivity index (χ1n) is 18.8. The van der Waals surface area contributed by atoms with Gasteiger partial charge in [0.15, 0.2) is 0 Å². The van der Waals surface area contributed by atoms with Crippen LogP contribution in [0.2, 0.25) is 0 Å². The van der Waals surface area contributed by atoms with Crippen molar-refractivity contribution in [3.05, 3.63) is 71.8 Å². The number of nitrogens with two attached hydrogens (primary N) is 2. The lowest BCUT2D eigenvalue weighted by Gasteiger charge is -2.56. The summed E-state index contributed by atoms with van der Waals surface area (Å²) in [5, 5.41) is 18.2. The lowest BCUT2D eigenvalue weighted by Crippen LogP contribution is -2.72. The number of carbonyl (C=O) groups is 5. The second kappa shape index (κ2) is 19.0. The van der Waals surface area contributed by atoms with Gasteiger partial charge in [-0.25, -0.2) is 0 Å². The van der Waals surface area contributed by atoms with Crippen LogP contribution in [0.3, 0.4) is 0 Å². The van der Waals surface area contributed by atoms with Gasteiger partial charge in [-0.2, -0.15) is 0 Å². The molecule has 13 nitrogen and oxygen atoms in total. The minimum atomic E-state index is -0.994. The molecule has 2 aliphatic heterocycles. The van der Waals surface area contributed by atoms with Crippen molar-refractivity contribution in [3.63, 3.8) is 0 Å². The zero-order chi connectivity index (χ0) is 37.0. The van der Waals surface area contributed by atoms with E-state index in [1.165, 1.54) is 0 Å². The summed E-state index contributed by atoms with van der Waals surface area (Å²) >= 11 is 0. The van der Waals surface area contributed by atoms with Crippen molar-refractivity contribution in [1.29, 1.82) is 0 Å². The molecule has 2 heterocycles. The van der Waals surface area contributed by atoms with E-state index >= 15 is 0 Å². The van der Waals surface area contributed by atoms with Crippen LogP contribution < -0.4 is 27.4 Å². The van der Waals surface area contributed by atoms with E-state index in [9.17, 15) is 29.1 Å². The number of fused-ring (bicyclic) bond motifs is 2. The van der Waals surface area contributed by atoms with Gasteiger partial charge >= 0.3 is 5.97 Å². The molecule has 0 spiro atoms. The van der Waals surface area contributed by atoms with E-state index < -0.39 is 47.9 Å². The average molecular weight is 718 g/mol. The van der Waals surface area contributed by atoms with Crippen LogP contribution in [-0.2, 0) is 36.8 Å². The zero-order valence-corrected chi connectivity index (χ0v) is 30.0. The summed E-state index contributed by atoms with van der Waals surface area (Å²) in [6.45, 7) is 1.34. The van der Waals surface area contributed by atoms with Gasteiger partial charge in [-0.3, -0.25) is 28.9 Å². The highest BCUT2D eigenvalue weighted by atomic mass is 16.4. The number of aliphatic carboxylic acids is 1. The number of nitrogens with zero attached hydrogens (tertiary/aromatic N) is 2. The number of carbonyl (C=O) groups excluding carboxylic acids is 4. The highest BCUT2D eigenvalue weighted by Crippen LogP contribution is 2.33. The molecule has 0 aromatic heterocycles. The molecule has 3 fully saturated rings. The minimum absolute atomic E-state index is 0.0703. The number of rotatable bonds is 18. The fraction of sp³-hybridized carbons (Fsp3) is 0.564. The van der Waals surface area contributed by atoms with Crippen molar-refractivity contribution in [3.8, 4) is 0 Å². The number of piperazine rings is 1. The first-order valence-corrected chi connectivity index (χ1v) is 18.8. The van der Waals surface area contributed by atoms with Crippen molar-refractivity contribution >= 4 is 29.6 Å². The van der Waals surface area contributed by atoms with E-state index in [2.05, 4.69) is 16.0 Å². The maximum Gasteiger partial charge on any atom is 0.317 e. The van der Waals surface area contributed by atoms with Gasteiger partial charge in [0.1, 0.15) is 18.1 Å². The topological polar surface area (TPSA) is 200 Å². The van der Waals surface area contributed by atoms with E-state index in [1.54, 1.807) is 0 Å². The van der Waals surface area contributed by atoms with Crippen molar-refractivity contribution < 1.29 is 29.1 Å². The van der Waals surface area contributed by atoms with Crippen molar-refractivity contribution in [2.24, 2.45) is 17.4 Å². The highest BCUT2D eigenvalue weighted by Gasteiger charge is 2.49. The third-order valence-electron chi connectivity index (χ3n) is 10.7. The molecule has 4 amide bonds. The van der Waals surface area contributed by atoms with Crippen LogP contribution in [0.25, 0.3) is 0 Å². The number of nitrogens with one attached hydrogen (secondary N) is 3. The van der Waals surface area contributed by atoms with Crippen LogP contribution in [0.15, 0.2) is 60.7 Å². The molecule has 2 aromatic rings. The number of hydrogen-bond donors (Lipinski definition) is 6. The summed E-state index contributed by atoms with van der Waals surface area (Å²) in [5.41, 5.74) is 13.8. The molecule has 1 saturated carbocycles. The van der Waals surface area contributed by atoms with Gasteiger partial charge < -0.3 is 37.4 Å². The van der Waals surface area contributed by atoms with Crippen LogP contribution >= 0.6 is 0 Å². The summed E-state index contributed by atoms with van der Waals surface area (Å²) in [7, 11) is 0. The quantitative estimate of drug-likeness (QED) is 0.123. The zero-order valence-electron chi connectivity index (χ0n) is 30.0. The van der Waals surface area contributed by atoms with Crippen LogP contribution in [0.5, 0.6) is 0 Å². The number of likely N-dealkylation sites (tertiary alicyclic amines) is 2. The van der Waals surface area contributed by atoms with E-state index in [-0.39, 0.29) is 36.9 Å². The molecule has 282 valence electrons. The Labute approximate surface area is 306 Å². The first-order chi connectivity index (χ1) is 25.1. The number of unbranched alkanes of at least 4 members (excludes halogenated alkanes) is 1.